The minimum atomic E-state index is 0.640. The van der Waals surface area contributed by atoms with Crippen LogP contribution in [0.2, 0.25) is 0 Å². The molecule has 1 rings (SSSR count). The van der Waals surface area contributed by atoms with Crippen LogP contribution in [0, 0.1) is 0 Å². The number of aromatic nitrogens is 1. The van der Waals surface area contributed by atoms with Crippen molar-refractivity contribution in [3.05, 3.63) is 35.0 Å². The summed E-state index contributed by atoms with van der Waals surface area (Å²) in [4.78, 5) is 4.07. The lowest BCUT2D eigenvalue weighted by molar-refractivity contribution is 0.394. The van der Waals surface area contributed by atoms with Gasteiger partial charge in [-0.3, -0.25) is 0 Å². The highest BCUT2D eigenvalue weighted by molar-refractivity contribution is 9.10. The number of methoxy groups -OCH3 is 1. The largest absolute Gasteiger partial charge is 0.480 e. The molecule has 1 heterocycles. The van der Waals surface area contributed by atoms with Crippen LogP contribution in [0.15, 0.2) is 29.4 Å². The molecule has 0 aliphatic heterocycles. The summed E-state index contributed by atoms with van der Waals surface area (Å²) in [7, 11) is 1.62. The molecule has 13 heavy (non-hydrogen) atoms. The lowest BCUT2D eigenvalue weighted by Gasteiger charge is -2.06. The summed E-state index contributed by atoms with van der Waals surface area (Å²) in [6.07, 6.45) is 5.58. The summed E-state index contributed by atoms with van der Waals surface area (Å²) in [6.45, 7) is 3.69. The van der Waals surface area contributed by atoms with Crippen molar-refractivity contribution in [3.8, 4) is 5.88 Å². The normalized spacial score (nSPS) is 9.69. The van der Waals surface area contributed by atoms with E-state index in [4.69, 9.17) is 4.74 Å². The van der Waals surface area contributed by atoms with E-state index in [1.54, 1.807) is 13.3 Å². The zero-order valence-electron chi connectivity index (χ0n) is 7.59. The Morgan fingerprint density at radius 2 is 2.46 bits per heavy atom. The zero-order valence-corrected chi connectivity index (χ0v) is 9.17. The molecule has 0 amide bonds. The van der Waals surface area contributed by atoms with Crippen LogP contribution in [0.4, 0.5) is 0 Å². The maximum atomic E-state index is 5.08. The number of nitrogens with zero attached hydrogens (tertiary/aromatic N) is 1. The second-order valence-electron chi connectivity index (χ2n) is 2.62. The van der Waals surface area contributed by atoms with Gasteiger partial charge in [-0.15, -0.1) is 6.58 Å². The molecule has 0 saturated heterocycles. The number of halogens is 1. The first-order valence-electron chi connectivity index (χ1n) is 4.08. The Morgan fingerprint density at radius 3 is 3.08 bits per heavy atom. The Hall–Kier alpha value is -0.830. The quantitative estimate of drug-likeness (QED) is 0.757. The first-order valence-corrected chi connectivity index (χ1v) is 4.87. The first-order chi connectivity index (χ1) is 6.29. The van der Waals surface area contributed by atoms with Crippen molar-refractivity contribution in [1.29, 1.82) is 0 Å². The van der Waals surface area contributed by atoms with Gasteiger partial charge in [0.25, 0.3) is 0 Å². The molecule has 0 aromatic carbocycles. The fourth-order valence-electron chi connectivity index (χ4n) is 1.06. The van der Waals surface area contributed by atoms with Crippen LogP contribution in [0.3, 0.4) is 0 Å². The van der Waals surface area contributed by atoms with Gasteiger partial charge in [0.05, 0.1) is 11.6 Å². The molecule has 0 radical (unpaired) electrons. The molecule has 0 unspecified atom stereocenters. The number of ether oxygens (including phenoxy) is 1. The van der Waals surface area contributed by atoms with Crippen molar-refractivity contribution in [2.75, 3.05) is 7.11 Å². The number of hydrogen-bond acceptors (Lipinski definition) is 2. The van der Waals surface area contributed by atoms with Crippen LogP contribution in [0.25, 0.3) is 0 Å². The van der Waals surface area contributed by atoms with Gasteiger partial charge >= 0.3 is 0 Å². The molecule has 0 aliphatic rings. The minimum Gasteiger partial charge on any atom is -0.480 e. The second-order valence-corrected chi connectivity index (χ2v) is 3.41. The van der Waals surface area contributed by atoms with E-state index in [9.17, 15) is 0 Å². The van der Waals surface area contributed by atoms with Crippen molar-refractivity contribution < 1.29 is 4.74 Å². The highest BCUT2D eigenvalue weighted by Gasteiger charge is 2.05. The minimum absolute atomic E-state index is 0.640. The molecule has 1 aromatic rings. The van der Waals surface area contributed by atoms with E-state index in [1.165, 1.54) is 5.56 Å². The van der Waals surface area contributed by atoms with Crippen molar-refractivity contribution in [1.82, 2.24) is 4.98 Å². The predicted octanol–water partition coefficient (Wildman–Crippen LogP) is 2.97. The first kappa shape index (κ1) is 10.3. The molecule has 0 spiro atoms. The van der Waals surface area contributed by atoms with Crippen molar-refractivity contribution >= 4 is 15.9 Å². The smallest absolute Gasteiger partial charge is 0.227 e. The monoisotopic (exact) mass is 241 g/mol. The highest BCUT2D eigenvalue weighted by Crippen LogP contribution is 2.26. The molecule has 0 saturated carbocycles. The van der Waals surface area contributed by atoms with Crippen LogP contribution in [0.1, 0.15) is 12.0 Å². The Kier molecular flexibility index (Phi) is 3.96. The Morgan fingerprint density at radius 1 is 1.69 bits per heavy atom. The zero-order chi connectivity index (χ0) is 9.68. The number of rotatable bonds is 4. The topological polar surface area (TPSA) is 22.1 Å². The lowest BCUT2D eigenvalue weighted by Crippen LogP contribution is -1.93. The van der Waals surface area contributed by atoms with E-state index in [-0.39, 0.29) is 0 Å². The van der Waals surface area contributed by atoms with Gasteiger partial charge in [-0.25, -0.2) is 4.98 Å². The summed E-state index contributed by atoms with van der Waals surface area (Å²) < 4.78 is 6.03. The van der Waals surface area contributed by atoms with Gasteiger partial charge in [-0.2, -0.15) is 0 Å². The van der Waals surface area contributed by atoms with Crippen molar-refractivity contribution in [2.24, 2.45) is 0 Å². The molecular formula is C10H12BrNO. The van der Waals surface area contributed by atoms with Crippen LogP contribution < -0.4 is 4.74 Å². The third-order valence-corrected chi connectivity index (χ3v) is 2.60. The molecule has 0 atom stereocenters. The summed E-state index contributed by atoms with van der Waals surface area (Å²) in [5.41, 5.74) is 1.20. The Labute approximate surface area is 86.8 Å². The molecular weight excluding hydrogens is 230 g/mol. The maximum absolute atomic E-state index is 5.08. The summed E-state index contributed by atoms with van der Waals surface area (Å²) >= 11 is 3.45. The molecule has 1 aromatic heterocycles. The van der Waals surface area contributed by atoms with E-state index in [2.05, 4.69) is 27.5 Å². The van der Waals surface area contributed by atoms with E-state index in [0.717, 1.165) is 17.3 Å². The Bertz CT molecular complexity index is 299. The molecule has 0 fully saturated rings. The fourth-order valence-corrected chi connectivity index (χ4v) is 1.65. The molecule has 2 nitrogen and oxygen atoms in total. The SMILES string of the molecule is C=CCCc1ccnc(OC)c1Br. The van der Waals surface area contributed by atoms with Crippen LogP contribution in [0.5, 0.6) is 5.88 Å². The molecule has 0 bridgehead atoms. The number of aryl methyl sites for hydroxylation is 1. The van der Waals surface area contributed by atoms with Gasteiger partial charge in [-0.1, -0.05) is 6.08 Å². The van der Waals surface area contributed by atoms with Gasteiger partial charge < -0.3 is 4.74 Å². The highest BCUT2D eigenvalue weighted by atomic mass is 79.9. The molecule has 0 aliphatic carbocycles. The van der Waals surface area contributed by atoms with Gasteiger partial charge in [-0.05, 0) is 40.4 Å². The van der Waals surface area contributed by atoms with Crippen LogP contribution in [-0.2, 0) is 6.42 Å². The van der Waals surface area contributed by atoms with Crippen molar-refractivity contribution in [3.63, 3.8) is 0 Å². The molecule has 3 heteroatoms. The van der Waals surface area contributed by atoms with Gasteiger partial charge in [0.1, 0.15) is 0 Å². The number of pyridine rings is 1. The van der Waals surface area contributed by atoms with Gasteiger partial charge in [0.15, 0.2) is 0 Å². The van der Waals surface area contributed by atoms with Crippen LogP contribution in [-0.4, -0.2) is 12.1 Å². The van der Waals surface area contributed by atoms with E-state index < -0.39 is 0 Å². The van der Waals surface area contributed by atoms with Gasteiger partial charge in [0.2, 0.25) is 5.88 Å². The number of allylic oxidation sites excluding steroid dienone is 1. The summed E-state index contributed by atoms with van der Waals surface area (Å²) in [6, 6.07) is 1.98. The fraction of sp³-hybridized carbons (Fsp3) is 0.300. The van der Waals surface area contributed by atoms with Gasteiger partial charge in [0, 0.05) is 6.20 Å². The number of hydrogen-bond donors (Lipinski definition) is 0. The summed E-state index contributed by atoms with van der Waals surface area (Å²) in [5, 5.41) is 0. The lowest BCUT2D eigenvalue weighted by atomic mass is 10.1. The predicted molar refractivity (Wildman–Crippen MR) is 57.0 cm³/mol. The second kappa shape index (κ2) is 5.02. The van der Waals surface area contributed by atoms with Crippen molar-refractivity contribution in [2.45, 2.75) is 12.8 Å². The molecule has 70 valence electrons. The third-order valence-electron chi connectivity index (χ3n) is 1.75. The van der Waals surface area contributed by atoms with Crippen LogP contribution >= 0.6 is 15.9 Å². The maximum Gasteiger partial charge on any atom is 0.227 e. The summed E-state index contributed by atoms with van der Waals surface area (Å²) in [5.74, 6) is 0.640. The van der Waals surface area contributed by atoms with E-state index in [0.29, 0.717) is 5.88 Å². The molecule has 0 N–H and O–H groups in total. The average molecular weight is 242 g/mol. The standard InChI is InChI=1S/C10H12BrNO/c1-3-4-5-8-6-7-12-10(13-2)9(8)11/h3,6-7H,1,4-5H2,2H3. The third kappa shape index (κ3) is 2.56. The van der Waals surface area contributed by atoms with E-state index in [1.807, 2.05) is 12.1 Å². The Balaban J connectivity index is 2.87. The van der Waals surface area contributed by atoms with E-state index >= 15 is 0 Å². The average Bonchev–Trinajstić information content (AvgIpc) is 2.16.